The number of ether oxygens (including phenoxy) is 2. The molecular formula is C18H18N2O5S. The normalized spacial score (nSPS) is 17.2. The molecule has 0 unspecified atom stereocenters. The molecule has 0 bridgehead atoms. The van der Waals surface area contributed by atoms with Crippen molar-refractivity contribution in [2.45, 2.75) is 17.9 Å². The van der Waals surface area contributed by atoms with Gasteiger partial charge < -0.3 is 9.47 Å². The quantitative estimate of drug-likeness (QED) is 0.614. The van der Waals surface area contributed by atoms with Gasteiger partial charge in [-0.3, -0.25) is 9.71 Å². The van der Waals surface area contributed by atoms with Gasteiger partial charge >= 0.3 is 5.97 Å². The number of benzene rings is 2. The minimum absolute atomic E-state index is 0.0746. The second-order valence-electron chi connectivity index (χ2n) is 5.58. The van der Waals surface area contributed by atoms with Crippen LogP contribution in [-0.4, -0.2) is 39.5 Å². The maximum absolute atomic E-state index is 12.1. The highest BCUT2D eigenvalue weighted by atomic mass is 32.2. The van der Waals surface area contributed by atoms with Crippen LogP contribution in [0.5, 0.6) is 5.75 Å². The molecular weight excluding hydrogens is 356 g/mol. The number of carbonyl (C=O) groups is 1. The molecule has 0 spiro atoms. The lowest BCUT2D eigenvalue weighted by Crippen LogP contribution is -2.27. The Labute approximate surface area is 151 Å². The van der Waals surface area contributed by atoms with Crippen molar-refractivity contribution in [3.8, 4) is 5.75 Å². The Kier molecular flexibility index (Phi) is 5.22. The molecule has 2 aromatic rings. The number of rotatable bonds is 6. The third-order valence-electron chi connectivity index (χ3n) is 3.67. The maximum atomic E-state index is 12.1. The molecule has 136 valence electrons. The molecule has 1 N–H and O–H groups in total. The number of fused-ring (bicyclic) bond motifs is 1. The fourth-order valence-electron chi connectivity index (χ4n) is 2.42. The van der Waals surface area contributed by atoms with Gasteiger partial charge in [0, 0.05) is 5.56 Å². The average molecular weight is 374 g/mol. The van der Waals surface area contributed by atoms with Crippen LogP contribution in [-0.2, 0) is 19.6 Å². The molecule has 0 fully saturated rings. The molecule has 26 heavy (non-hydrogen) atoms. The molecule has 8 heteroatoms. The summed E-state index contributed by atoms with van der Waals surface area (Å²) in [5, 5.41) is 0. The molecule has 1 aliphatic rings. The third-order valence-corrected chi connectivity index (χ3v) is 5.06. The third kappa shape index (κ3) is 4.02. The van der Waals surface area contributed by atoms with Crippen molar-refractivity contribution in [3.63, 3.8) is 0 Å². The topological polar surface area (TPSA) is 94.1 Å². The lowest BCUT2D eigenvalue weighted by molar-refractivity contribution is -0.145. The Balaban J connectivity index is 1.57. The van der Waals surface area contributed by atoms with E-state index in [0.29, 0.717) is 11.3 Å². The molecule has 0 saturated carbocycles. The second kappa shape index (κ2) is 7.57. The Bertz CT molecular complexity index is 926. The number of amidine groups is 1. The largest absolute Gasteiger partial charge is 0.490 e. The molecule has 0 saturated heterocycles. The highest BCUT2D eigenvalue weighted by molar-refractivity contribution is 7.90. The first-order valence-corrected chi connectivity index (χ1v) is 9.50. The first kappa shape index (κ1) is 17.9. The molecule has 0 radical (unpaired) electrons. The van der Waals surface area contributed by atoms with Crippen LogP contribution in [0.2, 0.25) is 0 Å². The van der Waals surface area contributed by atoms with Crippen LogP contribution in [0.3, 0.4) is 0 Å². The van der Waals surface area contributed by atoms with Crippen molar-refractivity contribution < 1.29 is 22.7 Å². The zero-order valence-electron chi connectivity index (χ0n) is 14.1. The number of para-hydroxylation sites is 1. The lowest BCUT2D eigenvalue weighted by Gasteiger charge is -2.10. The number of carbonyl (C=O) groups excluding carboxylic acids is 1. The highest BCUT2D eigenvalue weighted by Crippen LogP contribution is 2.22. The molecule has 0 amide bonds. The summed E-state index contributed by atoms with van der Waals surface area (Å²) in [4.78, 5) is 16.4. The maximum Gasteiger partial charge on any atom is 0.330 e. The van der Waals surface area contributed by atoms with Crippen molar-refractivity contribution in [2.75, 3.05) is 13.2 Å². The van der Waals surface area contributed by atoms with Gasteiger partial charge in [0.2, 0.25) is 0 Å². The summed E-state index contributed by atoms with van der Waals surface area (Å²) in [5.74, 6) is 0.275. The molecule has 1 heterocycles. The molecule has 7 nitrogen and oxygen atoms in total. The van der Waals surface area contributed by atoms with Crippen molar-refractivity contribution in [3.05, 3.63) is 60.2 Å². The van der Waals surface area contributed by atoms with Crippen LogP contribution < -0.4 is 9.46 Å². The molecule has 1 aliphatic heterocycles. The monoisotopic (exact) mass is 374 g/mol. The van der Waals surface area contributed by atoms with Gasteiger partial charge in [-0.1, -0.05) is 30.3 Å². The molecule has 0 aliphatic carbocycles. The van der Waals surface area contributed by atoms with Crippen LogP contribution in [0.4, 0.5) is 0 Å². The van der Waals surface area contributed by atoms with E-state index in [0.717, 1.165) is 0 Å². The van der Waals surface area contributed by atoms with E-state index in [1.54, 1.807) is 37.3 Å². The van der Waals surface area contributed by atoms with E-state index in [9.17, 15) is 13.2 Å². The van der Waals surface area contributed by atoms with Crippen molar-refractivity contribution in [2.24, 2.45) is 4.99 Å². The molecule has 3 rings (SSSR count). The number of hydrogen-bond acceptors (Lipinski definition) is 6. The summed E-state index contributed by atoms with van der Waals surface area (Å²) in [5.41, 5.74) is 0.444. The van der Waals surface area contributed by atoms with E-state index >= 15 is 0 Å². The summed E-state index contributed by atoms with van der Waals surface area (Å²) < 4.78 is 37.0. The predicted octanol–water partition coefficient (Wildman–Crippen LogP) is 1.74. The number of esters is 1. The van der Waals surface area contributed by atoms with Gasteiger partial charge in [0.05, 0.1) is 4.90 Å². The van der Waals surface area contributed by atoms with Gasteiger partial charge in [-0.2, -0.15) is 0 Å². The van der Waals surface area contributed by atoms with Gasteiger partial charge in [-0.15, -0.1) is 0 Å². The Morgan fingerprint density at radius 1 is 1.08 bits per heavy atom. The zero-order valence-corrected chi connectivity index (χ0v) is 14.9. The van der Waals surface area contributed by atoms with Gasteiger partial charge in [0.15, 0.2) is 0 Å². The number of nitrogens with one attached hydrogen (secondary N) is 1. The standard InChI is InChI=1S/C18H18N2O5S/c1-13(18(21)25-12-11-24-14-7-3-2-4-8-14)19-17-15-9-5-6-10-16(15)26(22,23)20-17/h2-10,13H,11-12H2,1H3,(H,19,20)/t13-/m0/s1. The van der Waals surface area contributed by atoms with E-state index < -0.39 is 22.0 Å². The number of aliphatic imine (C=N–C) groups is 1. The van der Waals surface area contributed by atoms with Crippen molar-refractivity contribution >= 4 is 21.8 Å². The van der Waals surface area contributed by atoms with E-state index in [4.69, 9.17) is 9.47 Å². The Morgan fingerprint density at radius 3 is 2.54 bits per heavy atom. The molecule has 2 aromatic carbocycles. The average Bonchev–Trinajstić information content (AvgIpc) is 2.90. The number of nitrogens with zero attached hydrogens (tertiary/aromatic N) is 1. The Morgan fingerprint density at radius 2 is 1.77 bits per heavy atom. The Hall–Kier alpha value is -2.87. The first-order chi connectivity index (χ1) is 12.5. The van der Waals surface area contributed by atoms with Gasteiger partial charge in [-0.25, -0.2) is 13.2 Å². The first-order valence-electron chi connectivity index (χ1n) is 8.02. The van der Waals surface area contributed by atoms with E-state index in [2.05, 4.69) is 9.71 Å². The van der Waals surface area contributed by atoms with Crippen LogP contribution in [0, 0.1) is 0 Å². The fraction of sp³-hybridized carbons (Fsp3) is 0.222. The minimum Gasteiger partial charge on any atom is -0.490 e. The van der Waals surface area contributed by atoms with Gasteiger partial charge in [-0.05, 0) is 31.2 Å². The summed E-state index contributed by atoms with van der Waals surface area (Å²) in [7, 11) is -3.63. The summed E-state index contributed by atoms with van der Waals surface area (Å²) in [6.07, 6.45) is 0. The smallest absolute Gasteiger partial charge is 0.330 e. The summed E-state index contributed by atoms with van der Waals surface area (Å²) in [6, 6.07) is 14.8. The van der Waals surface area contributed by atoms with E-state index in [1.807, 2.05) is 18.2 Å². The van der Waals surface area contributed by atoms with Crippen LogP contribution in [0.15, 0.2) is 64.5 Å². The summed E-state index contributed by atoms with van der Waals surface area (Å²) in [6.45, 7) is 1.84. The van der Waals surface area contributed by atoms with Gasteiger partial charge in [0.1, 0.15) is 30.8 Å². The second-order valence-corrected chi connectivity index (χ2v) is 7.24. The van der Waals surface area contributed by atoms with E-state index in [1.165, 1.54) is 6.07 Å². The van der Waals surface area contributed by atoms with Crippen LogP contribution >= 0.6 is 0 Å². The number of sulfonamides is 1. The number of hydrogen-bond donors (Lipinski definition) is 1. The van der Waals surface area contributed by atoms with Crippen molar-refractivity contribution in [1.29, 1.82) is 0 Å². The van der Waals surface area contributed by atoms with E-state index in [-0.39, 0.29) is 23.9 Å². The van der Waals surface area contributed by atoms with Crippen molar-refractivity contribution in [1.82, 2.24) is 4.72 Å². The SMILES string of the molecule is C[C@H](N=C1NS(=O)(=O)c2ccccc21)C(=O)OCCOc1ccccc1. The van der Waals surface area contributed by atoms with Crippen LogP contribution in [0.25, 0.3) is 0 Å². The van der Waals surface area contributed by atoms with Gasteiger partial charge in [0.25, 0.3) is 10.0 Å². The minimum atomic E-state index is -3.63. The molecule has 0 aromatic heterocycles. The highest BCUT2D eigenvalue weighted by Gasteiger charge is 2.31. The van der Waals surface area contributed by atoms with Crippen LogP contribution in [0.1, 0.15) is 12.5 Å². The fourth-order valence-corrected chi connectivity index (χ4v) is 3.65. The molecule has 1 atom stereocenters. The summed E-state index contributed by atoms with van der Waals surface area (Å²) >= 11 is 0. The lowest BCUT2D eigenvalue weighted by atomic mass is 10.2. The zero-order chi connectivity index (χ0) is 18.6. The predicted molar refractivity (Wildman–Crippen MR) is 95.7 cm³/mol.